The quantitative estimate of drug-likeness (QED) is 0.790. The van der Waals surface area contributed by atoms with Crippen molar-refractivity contribution >= 4 is 0 Å². The van der Waals surface area contributed by atoms with Crippen molar-refractivity contribution in [1.82, 2.24) is 0 Å². The number of nitrogens with two attached hydrogens (primary N) is 1. The zero-order valence-corrected chi connectivity index (χ0v) is 12.2. The monoisotopic (exact) mass is 267 g/mol. The molecule has 0 bridgehead atoms. The lowest BCUT2D eigenvalue weighted by molar-refractivity contribution is -0.110. The summed E-state index contributed by atoms with van der Waals surface area (Å²) in [5.41, 5.74) is 6.38. The minimum Gasteiger partial charge on any atom is -0.496 e. The van der Waals surface area contributed by atoms with Crippen molar-refractivity contribution in [3.63, 3.8) is 0 Å². The second-order valence-corrected chi connectivity index (χ2v) is 5.21. The molecule has 0 amide bonds. The molecule has 1 aromatic carbocycles. The Bertz CT molecular complexity index is 395. The van der Waals surface area contributed by atoms with E-state index >= 15 is 0 Å². The fraction of sp³-hybridized carbons (Fsp3) is 0.600. The van der Waals surface area contributed by atoms with Crippen molar-refractivity contribution in [1.29, 1.82) is 0 Å². The first-order valence-corrected chi connectivity index (χ1v) is 6.59. The predicted octanol–water partition coefficient (Wildman–Crippen LogP) is 1.74. The van der Waals surface area contributed by atoms with E-state index < -0.39 is 11.7 Å². The molecular weight excluding hydrogens is 242 g/mol. The largest absolute Gasteiger partial charge is 0.496 e. The molecule has 0 radical (unpaired) electrons. The summed E-state index contributed by atoms with van der Waals surface area (Å²) < 4.78 is 11.3. The zero-order chi connectivity index (χ0) is 14.5. The second kappa shape index (κ2) is 6.89. The van der Waals surface area contributed by atoms with E-state index in [1.807, 2.05) is 38.1 Å². The zero-order valence-electron chi connectivity index (χ0n) is 12.2. The molecule has 0 aliphatic carbocycles. The van der Waals surface area contributed by atoms with Gasteiger partial charge >= 0.3 is 0 Å². The van der Waals surface area contributed by atoms with Gasteiger partial charge < -0.3 is 20.3 Å². The Labute approximate surface area is 115 Å². The van der Waals surface area contributed by atoms with E-state index in [4.69, 9.17) is 15.2 Å². The lowest BCUT2D eigenvalue weighted by atomic mass is 9.95. The summed E-state index contributed by atoms with van der Waals surface area (Å²) in [7, 11) is 1.65. The highest BCUT2D eigenvalue weighted by atomic mass is 16.5. The average molecular weight is 267 g/mol. The Morgan fingerprint density at radius 2 is 1.95 bits per heavy atom. The maximum atomic E-state index is 9.56. The number of rotatable bonds is 7. The molecule has 1 rings (SSSR count). The van der Waals surface area contributed by atoms with Gasteiger partial charge in [-0.25, -0.2) is 0 Å². The molecule has 0 saturated carbocycles. The average Bonchev–Trinajstić information content (AvgIpc) is 2.39. The highest BCUT2D eigenvalue weighted by Crippen LogP contribution is 2.25. The van der Waals surface area contributed by atoms with E-state index in [2.05, 4.69) is 0 Å². The van der Waals surface area contributed by atoms with Crippen molar-refractivity contribution in [3.05, 3.63) is 29.8 Å². The standard InChI is InChI=1S/C15H25NO3/c1-11(17)12(2)19-15(3,10-16)9-13-7-5-6-8-14(13)18-4/h5-8,11-12,17H,9-10,16H2,1-4H3. The summed E-state index contributed by atoms with van der Waals surface area (Å²) >= 11 is 0. The number of aliphatic hydroxyl groups excluding tert-OH is 1. The van der Waals surface area contributed by atoms with Crippen LogP contribution in [0.25, 0.3) is 0 Å². The summed E-state index contributed by atoms with van der Waals surface area (Å²) in [5, 5.41) is 9.56. The first kappa shape index (κ1) is 16.0. The van der Waals surface area contributed by atoms with E-state index in [1.54, 1.807) is 14.0 Å². The van der Waals surface area contributed by atoms with Crippen molar-refractivity contribution in [2.24, 2.45) is 5.73 Å². The van der Waals surface area contributed by atoms with Gasteiger partial charge in [0.15, 0.2) is 0 Å². The minimum absolute atomic E-state index is 0.261. The Morgan fingerprint density at radius 1 is 1.32 bits per heavy atom. The third-order valence-corrected chi connectivity index (χ3v) is 3.34. The number of methoxy groups -OCH3 is 1. The molecule has 4 heteroatoms. The molecule has 3 atom stereocenters. The van der Waals surface area contributed by atoms with Crippen LogP contribution in [0, 0.1) is 0 Å². The van der Waals surface area contributed by atoms with Crippen LogP contribution in [0.2, 0.25) is 0 Å². The van der Waals surface area contributed by atoms with E-state index in [0.29, 0.717) is 13.0 Å². The summed E-state index contributed by atoms with van der Waals surface area (Å²) in [6.45, 7) is 5.89. The van der Waals surface area contributed by atoms with Gasteiger partial charge in [-0.3, -0.25) is 0 Å². The van der Waals surface area contributed by atoms with Crippen LogP contribution >= 0.6 is 0 Å². The normalized spacial score (nSPS) is 17.6. The molecule has 0 heterocycles. The van der Waals surface area contributed by atoms with Crippen LogP contribution in [0.3, 0.4) is 0 Å². The summed E-state index contributed by atoms with van der Waals surface area (Å²) in [6.07, 6.45) is -0.142. The molecule has 3 unspecified atom stereocenters. The number of hydrogen-bond acceptors (Lipinski definition) is 4. The SMILES string of the molecule is COc1ccccc1CC(C)(CN)OC(C)C(C)O. The molecule has 19 heavy (non-hydrogen) atoms. The van der Waals surface area contributed by atoms with Crippen LogP contribution in [0.1, 0.15) is 26.3 Å². The van der Waals surface area contributed by atoms with Crippen LogP contribution in [-0.2, 0) is 11.2 Å². The molecule has 0 fully saturated rings. The highest BCUT2D eigenvalue weighted by molar-refractivity contribution is 5.34. The maximum Gasteiger partial charge on any atom is 0.122 e. The van der Waals surface area contributed by atoms with Crippen LogP contribution in [0.5, 0.6) is 5.75 Å². The molecule has 0 spiro atoms. The van der Waals surface area contributed by atoms with Crippen molar-refractivity contribution in [3.8, 4) is 5.75 Å². The highest BCUT2D eigenvalue weighted by Gasteiger charge is 2.29. The van der Waals surface area contributed by atoms with Crippen LogP contribution in [-0.4, -0.2) is 36.6 Å². The smallest absolute Gasteiger partial charge is 0.122 e. The number of aliphatic hydroxyl groups is 1. The van der Waals surface area contributed by atoms with Crippen molar-refractivity contribution < 1.29 is 14.6 Å². The molecule has 4 nitrogen and oxygen atoms in total. The molecule has 0 aliphatic heterocycles. The summed E-state index contributed by atoms with van der Waals surface area (Å²) in [5.74, 6) is 0.829. The Balaban J connectivity index is 2.85. The van der Waals surface area contributed by atoms with E-state index in [0.717, 1.165) is 11.3 Å². The van der Waals surface area contributed by atoms with E-state index in [1.165, 1.54) is 0 Å². The third kappa shape index (κ3) is 4.49. The number of hydrogen-bond donors (Lipinski definition) is 2. The number of ether oxygens (including phenoxy) is 2. The van der Waals surface area contributed by atoms with Gasteiger partial charge in [0.05, 0.1) is 24.9 Å². The van der Waals surface area contributed by atoms with Crippen LogP contribution < -0.4 is 10.5 Å². The third-order valence-electron chi connectivity index (χ3n) is 3.34. The van der Waals surface area contributed by atoms with Crippen LogP contribution in [0.15, 0.2) is 24.3 Å². The van der Waals surface area contributed by atoms with Crippen molar-refractivity contribution in [2.75, 3.05) is 13.7 Å². The van der Waals surface area contributed by atoms with Gasteiger partial charge in [0.1, 0.15) is 5.75 Å². The van der Waals surface area contributed by atoms with Gasteiger partial charge in [-0.1, -0.05) is 18.2 Å². The Hall–Kier alpha value is -1.10. The molecule has 0 saturated heterocycles. The minimum atomic E-state index is -0.524. The van der Waals surface area contributed by atoms with Gasteiger partial charge in [0, 0.05) is 13.0 Å². The first-order chi connectivity index (χ1) is 8.91. The molecule has 3 N–H and O–H groups in total. The van der Waals surface area contributed by atoms with Gasteiger partial charge in [-0.05, 0) is 32.4 Å². The Kier molecular flexibility index (Phi) is 5.79. The number of benzene rings is 1. The van der Waals surface area contributed by atoms with E-state index in [9.17, 15) is 5.11 Å². The molecule has 1 aromatic rings. The fourth-order valence-corrected chi connectivity index (χ4v) is 1.96. The lowest BCUT2D eigenvalue weighted by Gasteiger charge is -2.33. The van der Waals surface area contributed by atoms with Crippen molar-refractivity contribution in [2.45, 2.75) is 45.0 Å². The molecular formula is C15H25NO3. The van der Waals surface area contributed by atoms with Gasteiger partial charge in [-0.15, -0.1) is 0 Å². The fourth-order valence-electron chi connectivity index (χ4n) is 1.96. The van der Waals surface area contributed by atoms with Gasteiger partial charge in [0.2, 0.25) is 0 Å². The van der Waals surface area contributed by atoms with Gasteiger partial charge in [0.25, 0.3) is 0 Å². The van der Waals surface area contributed by atoms with E-state index in [-0.39, 0.29) is 6.10 Å². The second-order valence-electron chi connectivity index (χ2n) is 5.21. The topological polar surface area (TPSA) is 64.7 Å². The summed E-state index contributed by atoms with van der Waals surface area (Å²) in [6, 6.07) is 7.82. The molecule has 108 valence electrons. The molecule has 0 aliphatic rings. The number of para-hydroxylation sites is 1. The van der Waals surface area contributed by atoms with Gasteiger partial charge in [-0.2, -0.15) is 0 Å². The van der Waals surface area contributed by atoms with Crippen LogP contribution in [0.4, 0.5) is 0 Å². The lowest BCUT2D eigenvalue weighted by Crippen LogP contribution is -2.44. The predicted molar refractivity (Wildman–Crippen MR) is 76.4 cm³/mol. The first-order valence-electron chi connectivity index (χ1n) is 6.59. The maximum absolute atomic E-state index is 9.56. The Morgan fingerprint density at radius 3 is 2.47 bits per heavy atom. The molecule has 0 aromatic heterocycles. The summed E-state index contributed by atoms with van der Waals surface area (Å²) in [4.78, 5) is 0.